The molecule has 0 aromatic heterocycles. The van der Waals surface area contributed by atoms with Gasteiger partial charge in [0.25, 0.3) is 0 Å². The number of hydrogen-bond donors (Lipinski definition) is 2. The van der Waals surface area contributed by atoms with Crippen LogP contribution in [-0.2, 0) is 16.6 Å². The maximum absolute atomic E-state index is 13.4. The summed E-state index contributed by atoms with van der Waals surface area (Å²) in [6, 6.07) is 16.3. The number of carboxylic acids is 1. The molecule has 0 unspecified atom stereocenters. The van der Waals surface area contributed by atoms with E-state index in [1.165, 1.54) is 0 Å². The van der Waals surface area contributed by atoms with Crippen LogP contribution in [0.25, 0.3) is 11.1 Å². The van der Waals surface area contributed by atoms with Crippen molar-refractivity contribution in [2.75, 3.05) is 12.1 Å². The van der Waals surface area contributed by atoms with Crippen molar-refractivity contribution in [1.29, 1.82) is 0 Å². The highest BCUT2D eigenvalue weighted by Gasteiger charge is 2.43. The summed E-state index contributed by atoms with van der Waals surface area (Å²) in [7, 11) is 0. The molecule has 1 atom stereocenters. The van der Waals surface area contributed by atoms with Gasteiger partial charge in [-0.25, -0.2) is 4.79 Å². The van der Waals surface area contributed by atoms with Gasteiger partial charge in [-0.2, -0.15) is 0 Å². The van der Waals surface area contributed by atoms with Crippen LogP contribution in [0.5, 0.6) is 11.5 Å². The van der Waals surface area contributed by atoms with Crippen molar-refractivity contribution >= 4 is 17.6 Å². The smallest absolute Gasteiger partial charge is 0.335 e. The van der Waals surface area contributed by atoms with Crippen molar-refractivity contribution in [1.82, 2.24) is 0 Å². The predicted molar refractivity (Wildman–Crippen MR) is 120 cm³/mol. The number of rotatable bonds is 4. The third-order valence-electron chi connectivity index (χ3n) is 6.53. The Morgan fingerprint density at radius 2 is 1.91 bits per heavy atom. The Hall–Kier alpha value is -3.80. The molecule has 3 aromatic carbocycles. The van der Waals surface area contributed by atoms with Gasteiger partial charge < -0.3 is 19.9 Å². The van der Waals surface area contributed by atoms with Gasteiger partial charge in [-0.1, -0.05) is 24.3 Å². The van der Waals surface area contributed by atoms with Gasteiger partial charge in [0.15, 0.2) is 11.5 Å². The number of benzene rings is 3. The third-order valence-corrected chi connectivity index (χ3v) is 6.53. The lowest BCUT2D eigenvalue weighted by Crippen LogP contribution is -2.35. The summed E-state index contributed by atoms with van der Waals surface area (Å²) in [6.07, 6.45) is 1.44. The minimum Gasteiger partial charge on any atom is -0.478 e. The fraction of sp³-hybridized carbons (Fsp3) is 0.231. The van der Waals surface area contributed by atoms with Crippen molar-refractivity contribution in [3.05, 3.63) is 76.9 Å². The summed E-state index contributed by atoms with van der Waals surface area (Å²) >= 11 is 0. The Morgan fingerprint density at radius 3 is 2.72 bits per heavy atom. The van der Waals surface area contributed by atoms with Gasteiger partial charge in [-0.3, -0.25) is 4.79 Å². The van der Waals surface area contributed by atoms with Crippen molar-refractivity contribution in [2.45, 2.75) is 32.1 Å². The van der Waals surface area contributed by atoms with Crippen LogP contribution in [0.3, 0.4) is 0 Å². The molecule has 0 radical (unpaired) electrons. The summed E-state index contributed by atoms with van der Waals surface area (Å²) in [4.78, 5) is 24.8. The molecule has 162 valence electrons. The highest BCUT2D eigenvalue weighted by molar-refractivity contribution is 6.00. The van der Waals surface area contributed by atoms with E-state index in [-0.39, 0.29) is 18.3 Å². The van der Waals surface area contributed by atoms with Crippen LogP contribution < -0.4 is 14.8 Å². The second-order valence-corrected chi connectivity index (χ2v) is 8.53. The molecule has 6 nitrogen and oxygen atoms in total. The number of nitrogens with one attached hydrogen (secondary N) is 1. The molecule has 0 spiro atoms. The lowest BCUT2D eigenvalue weighted by molar-refractivity contribution is -0.121. The largest absolute Gasteiger partial charge is 0.478 e. The number of carbonyl (C=O) groups is 2. The number of hydrogen-bond acceptors (Lipinski definition) is 4. The summed E-state index contributed by atoms with van der Waals surface area (Å²) < 4.78 is 11.1. The van der Waals surface area contributed by atoms with Crippen molar-refractivity contribution in [2.24, 2.45) is 0 Å². The topological polar surface area (TPSA) is 84.9 Å². The summed E-state index contributed by atoms with van der Waals surface area (Å²) in [5.41, 5.74) is 4.92. The zero-order valence-corrected chi connectivity index (χ0v) is 17.9. The van der Waals surface area contributed by atoms with Crippen molar-refractivity contribution < 1.29 is 24.2 Å². The second kappa shape index (κ2) is 7.41. The molecule has 1 heterocycles. The standard InChI is InChI=1S/C26H23NO5/c1-15-6-7-18(13-20(15)16-4-3-5-17(12-16)24(28)29)27-25(30)26(2)11-10-19-21(26)8-9-22-23(19)32-14-31-22/h3-9,12-13H,10-11,14H2,1-2H3,(H,27,30)(H,28,29)/t26-/m1/s1. The van der Waals surface area contributed by atoms with Crippen LogP contribution in [0.4, 0.5) is 5.69 Å². The zero-order chi connectivity index (χ0) is 22.5. The maximum atomic E-state index is 13.4. The van der Waals surface area contributed by atoms with Gasteiger partial charge in [-0.05, 0) is 79.3 Å². The Bertz CT molecular complexity index is 1270. The van der Waals surface area contributed by atoms with Crippen LogP contribution in [0, 0.1) is 6.92 Å². The average molecular weight is 429 g/mol. The first-order valence-corrected chi connectivity index (χ1v) is 10.5. The molecule has 1 amide bonds. The van der Waals surface area contributed by atoms with Gasteiger partial charge in [0, 0.05) is 11.3 Å². The SMILES string of the molecule is Cc1ccc(NC(=O)[C@]2(C)CCc3c2ccc2c3OCO2)cc1-c1cccc(C(=O)O)c1. The maximum Gasteiger partial charge on any atom is 0.335 e. The number of carbonyl (C=O) groups excluding carboxylic acids is 1. The van der Waals surface area contributed by atoms with Gasteiger partial charge in [0.1, 0.15) is 0 Å². The first kappa shape index (κ1) is 20.1. The zero-order valence-electron chi connectivity index (χ0n) is 17.9. The third kappa shape index (κ3) is 3.19. The number of anilines is 1. The lowest BCUT2D eigenvalue weighted by Gasteiger charge is -2.25. The molecule has 1 aliphatic carbocycles. The molecule has 0 saturated heterocycles. The Kier molecular flexibility index (Phi) is 4.66. The van der Waals surface area contributed by atoms with Crippen molar-refractivity contribution in [3.63, 3.8) is 0 Å². The summed E-state index contributed by atoms with van der Waals surface area (Å²) in [6.45, 7) is 4.14. The summed E-state index contributed by atoms with van der Waals surface area (Å²) in [5, 5.41) is 12.4. The molecule has 5 rings (SSSR count). The fourth-order valence-corrected chi connectivity index (χ4v) is 4.64. The monoisotopic (exact) mass is 429 g/mol. The molecular formula is C26H23NO5. The molecule has 0 bridgehead atoms. The van der Waals surface area contributed by atoms with E-state index in [1.807, 2.05) is 50.2 Å². The van der Waals surface area contributed by atoms with Crippen molar-refractivity contribution in [3.8, 4) is 22.6 Å². The molecule has 32 heavy (non-hydrogen) atoms. The van der Waals surface area contributed by atoms with Crippen LogP contribution in [-0.4, -0.2) is 23.8 Å². The molecular weight excluding hydrogens is 406 g/mol. The van der Waals surface area contributed by atoms with E-state index in [0.717, 1.165) is 45.7 Å². The Balaban J connectivity index is 1.45. The van der Waals surface area contributed by atoms with Crippen LogP contribution in [0.2, 0.25) is 0 Å². The van der Waals surface area contributed by atoms with Gasteiger partial charge in [0.2, 0.25) is 12.7 Å². The van der Waals surface area contributed by atoms with E-state index in [1.54, 1.807) is 18.2 Å². The number of ether oxygens (including phenoxy) is 2. The first-order chi connectivity index (χ1) is 15.4. The number of aryl methyl sites for hydroxylation is 1. The van der Waals surface area contributed by atoms with Crippen LogP contribution in [0.15, 0.2) is 54.6 Å². The van der Waals surface area contributed by atoms with E-state index in [9.17, 15) is 14.7 Å². The summed E-state index contributed by atoms with van der Waals surface area (Å²) in [5.74, 6) is 0.446. The lowest BCUT2D eigenvalue weighted by atomic mass is 9.83. The van der Waals surface area contributed by atoms with E-state index >= 15 is 0 Å². The first-order valence-electron chi connectivity index (χ1n) is 10.5. The Labute approximate surface area is 185 Å². The number of fused-ring (bicyclic) bond motifs is 3. The van der Waals surface area contributed by atoms with Crippen LogP contribution >= 0.6 is 0 Å². The number of aromatic carboxylic acids is 1. The Morgan fingerprint density at radius 1 is 1.06 bits per heavy atom. The minimum absolute atomic E-state index is 0.0794. The van der Waals surface area contributed by atoms with E-state index in [0.29, 0.717) is 12.1 Å². The highest BCUT2D eigenvalue weighted by Crippen LogP contribution is 2.48. The highest BCUT2D eigenvalue weighted by atomic mass is 16.7. The van der Waals surface area contributed by atoms with Crippen LogP contribution in [0.1, 0.15) is 40.4 Å². The molecule has 6 heteroatoms. The molecule has 2 N–H and O–H groups in total. The normalized spacial score (nSPS) is 18.3. The molecule has 1 aliphatic heterocycles. The number of amides is 1. The second-order valence-electron chi connectivity index (χ2n) is 8.53. The number of carboxylic acid groups (broad SMARTS) is 1. The van der Waals surface area contributed by atoms with Gasteiger partial charge in [-0.15, -0.1) is 0 Å². The molecule has 3 aromatic rings. The van der Waals surface area contributed by atoms with E-state index in [2.05, 4.69) is 5.32 Å². The fourth-order valence-electron chi connectivity index (χ4n) is 4.64. The molecule has 0 saturated carbocycles. The van der Waals surface area contributed by atoms with Gasteiger partial charge >= 0.3 is 5.97 Å². The minimum atomic E-state index is -0.970. The van der Waals surface area contributed by atoms with E-state index in [4.69, 9.17) is 9.47 Å². The predicted octanol–water partition coefficient (Wildman–Crippen LogP) is 4.93. The average Bonchev–Trinajstić information content (AvgIpc) is 3.40. The van der Waals surface area contributed by atoms with Gasteiger partial charge in [0.05, 0.1) is 11.0 Å². The van der Waals surface area contributed by atoms with E-state index < -0.39 is 11.4 Å². The molecule has 2 aliphatic rings. The molecule has 0 fully saturated rings. The quantitative estimate of drug-likeness (QED) is 0.614.